The van der Waals surface area contributed by atoms with Gasteiger partial charge in [-0.15, -0.1) is 0 Å². The van der Waals surface area contributed by atoms with E-state index in [1.165, 1.54) is 12.8 Å². The average Bonchev–Trinajstić information content (AvgIpc) is 2.46. The van der Waals surface area contributed by atoms with Crippen LogP contribution in [0.1, 0.15) is 53.4 Å². The van der Waals surface area contributed by atoms with E-state index in [2.05, 4.69) is 40.8 Å². The Morgan fingerprint density at radius 1 is 1.41 bits per heavy atom. The number of hydrogen-bond donors (Lipinski definition) is 0. The molecule has 0 N–H and O–H groups in total. The molecule has 0 saturated heterocycles. The lowest BCUT2D eigenvalue weighted by Gasteiger charge is -2.45. The van der Waals surface area contributed by atoms with Gasteiger partial charge >= 0.3 is 0 Å². The normalized spacial score (nSPS) is 30.6. The predicted molar refractivity (Wildman–Crippen MR) is 74.7 cm³/mol. The van der Waals surface area contributed by atoms with E-state index >= 15 is 0 Å². The predicted octanol–water partition coefficient (Wildman–Crippen LogP) is 4.16. The lowest BCUT2D eigenvalue weighted by Crippen LogP contribution is -2.51. The first-order valence-corrected chi connectivity index (χ1v) is 9.69. The largest absolute Gasteiger partial charge is 0.411 e. The first-order valence-electron chi connectivity index (χ1n) is 6.78. The minimum Gasteiger partial charge on any atom is -0.411 e. The van der Waals surface area contributed by atoms with Gasteiger partial charge in [0, 0.05) is 6.42 Å². The molecule has 0 bridgehead atoms. The lowest BCUT2D eigenvalue weighted by atomic mass is 9.90. The van der Waals surface area contributed by atoms with E-state index in [4.69, 9.17) is 4.43 Å². The fourth-order valence-corrected chi connectivity index (χ4v) is 4.22. The fraction of sp³-hybridized carbons (Fsp3) is 0.929. The summed E-state index contributed by atoms with van der Waals surface area (Å²) in [5.74, 6) is 0.516. The molecule has 1 rings (SSSR count). The Hall–Kier alpha value is -0.153. The minimum absolute atomic E-state index is 0.162. The number of rotatable bonds is 4. The summed E-state index contributed by atoms with van der Waals surface area (Å²) < 4.78 is 6.61. The SMILES string of the molecule is C[C@@H]1CCC[C@]1(CC=O)O[Si](C)(C)C(C)(C)C. The van der Waals surface area contributed by atoms with E-state index in [0.29, 0.717) is 12.3 Å². The highest BCUT2D eigenvalue weighted by atomic mass is 28.4. The molecule has 0 unspecified atom stereocenters. The number of hydrogen-bond acceptors (Lipinski definition) is 2. The summed E-state index contributed by atoms with van der Waals surface area (Å²) in [6.07, 6.45) is 5.07. The number of carbonyl (C=O) groups excluding carboxylic acids is 1. The van der Waals surface area contributed by atoms with Crippen molar-refractivity contribution in [2.24, 2.45) is 5.92 Å². The topological polar surface area (TPSA) is 26.3 Å². The Labute approximate surface area is 107 Å². The van der Waals surface area contributed by atoms with Crippen molar-refractivity contribution in [2.45, 2.75) is 77.1 Å². The van der Waals surface area contributed by atoms with Crippen molar-refractivity contribution in [3.05, 3.63) is 0 Å². The summed E-state index contributed by atoms with van der Waals surface area (Å²) >= 11 is 0. The van der Waals surface area contributed by atoms with Crippen LogP contribution in [0.3, 0.4) is 0 Å². The monoisotopic (exact) mass is 256 g/mol. The molecule has 17 heavy (non-hydrogen) atoms. The Bertz CT molecular complexity index is 280. The summed E-state index contributed by atoms with van der Waals surface area (Å²) in [6, 6.07) is 0. The first kappa shape index (κ1) is 14.9. The molecule has 0 radical (unpaired) electrons. The van der Waals surface area contributed by atoms with Crippen LogP contribution in [0.25, 0.3) is 0 Å². The van der Waals surface area contributed by atoms with Gasteiger partial charge in [-0.05, 0) is 36.9 Å². The maximum absolute atomic E-state index is 11.0. The van der Waals surface area contributed by atoms with E-state index in [9.17, 15) is 4.79 Å². The van der Waals surface area contributed by atoms with Gasteiger partial charge < -0.3 is 9.22 Å². The van der Waals surface area contributed by atoms with Crippen LogP contribution in [-0.2, 0) is 9.22 Å². The second-order valence-electron chi connectivity index (χ2n) is 7.09. The van der Waals surface area contributed by atoms with Gasteiger partial charge in [-0.3, -0.25) is 0 Å². The zero-order chi connectivity index (χ0) is 13.3. The van der Waals surface area contributed by atoms with Crippen LogP contribution in [0.5, 0.6) is 0 Å². The Morgan fingerprint density at radius 3 is 2.35 bits per heavy atom. The van der Waals surface area contributed by atoms with Crippen LogP contribution >= 0.6 is 0 Å². The van der Waals surface area contributed by atoms with Crippen molar-refractivity contribution in [1.82, 2.24) is 0 Å². The third kappa shape index (κ3) is 3.00. The fourth-order valence-electron chi connectivity index (χ4n) is 2.52. The van der Waals surface area contributed by atoms with Gasteiger partial charge in [-0.1, -0.05) is 34.1 Å². The summed E-state index contributed by atoms with van der Waals surface area (Å²) in [4.78, 5) is 11.0. The molecular formula is C14H28O2Si. The van der Waals surface area contributed by atoms with Gasteiger partial charge in [0.05, 0.1) is 5.60 Å². The highest BCUT2D eigenvalue weighted by Gasteiger charge is 2.48. The van der Waals surface area contributed by atoms with Gasteiger partial charge in [-0.25, -0.2) is 0 Å². The highest BCUT2D eigenvalue weighted by Crippen LogP contribution is 2.47. The molecule has 0 aromatic rings. The van der Waals surface area contributed by atoms with Crippen molar-refractivity contribution in [1.29, 1.82) is 0 Å². The summed E-state index contributed by atoms with van der Waals surface area (Å²) in [7, 11) is -1.78. The summed E-state index contributed by atoms with van der Waals surface area (Å²) in [5, 5.41) is 0.213. The van der Waals surface area contributed by atoms with Crippen molar-refractivity contribution in [3.8, 4) is 0 Å². The second kappa shape index (κ2) is 4.85. The lowest BCUT2D eigenvalue weighted by molar-refractivity contribution is -0.112. The van der Waals surface area contributed by atoms with Gasteiger partial charge in [0.1, 0.15) is 6.29 Å². The van der Waals surface area contributed by atoms with E-state index in [-0.39, 0.29) is 10.6 Å². The molecule has 0 aromatic heterocycles. The minimum atomic E-state index is -1.78. The van der Waals surface area contributed by atoms with E-state index in [0.717, 1.165) is 12.7 Å². The zero-order valence-corrected chi connectivity index (χ0v) is 13.3. The Balaban J connectivity index is 2.91. The molecule has 0 aliphatic heterocycles. The van der Waals surface area contributed by atoms with Gasteiger partial charge in [0.25, 0.3) is 0 Å². The molecule has 2 atom stereocenters. The summed E-state index contributed by atoms with van der Waals surface area (Å²) in [5.41, 5.74) is -0.162. The second-order valence-corrected chi connectivity index (χ2v) is 11.8. The molecule has 3 heteroatoms. The molecule has 1 aliphatic rings. The van der Waals surface area contributed by atoms with Crippen molar-refractivity contribution >= 4 is 14.6 Å². The molecule has 2 nitrogen and oxygen atoms in total. The third-order valence-electron chi connectivity index (χ3n) is 4.83. The summed E-state index contributed by atoms with van der Waals surface area (Å²) in [6.45, 7) is 13.6. The van der Waals surface area contributed by atoms with Crippen molar-refractivity contribution in [3.63, 3.8) is 0 Å². The van der Waals surface area contributed by atoms with Crippen LogP contribution in [0, 0.1) is 5.92 Å². The molecule has 0 aromatic carbocycles. The first-order chi connectivity index (χ1) is 7.65. The zero-order valence-electron chi connectivity index (χ0n) is 12.3. The van der Waals surface area contributed by atoms with Gasteiger partial charge in [-0.2, -0.15) is 0 Å². The molecule has 1 aliphatic carbocycles. The van der Waals surface area contributed by atoms with E-state index in [1.807, 2.05) is 0 Å². The van der Waals surface area contributed by atoms with E-state index in [1.54, 1.807) is 0 Å². The number of carbonyl (C=O) groups is 1. The van der Waals surface area contributed by atoms with E-state index < -0.39 is 8.32 Å². The Morgan fingerprint density at radius 2 is 2.00 bits per heavy atom. The smallest absolute Gasteiger partial charge is 0.192 e. The van der Waals surface area contributed by atoms with Crippen LogP contribution in [-0.4, -0.2) is 20.2 Å². The maximum Gasteiger partial charge on any atom is 0.192 e. The van der Waals surface area contributed by atoms with Crippen molar-refractivity contribution in [2.75, 3.05) is 0 Å². The maximum atomic E-state index is 11.0. The number of aldehydes is 1. The average molecular weight is 256 g/mol. The quantitative estimate of drug-likeness (QED) is 0.558. The molecular weight excluding hydrogens is 228 g/mol. The molecule has 1 saturated carbocycles. The molecule has 100 valence electrons. The molecule has 1 fully saturated rings. The molecule has 0 amide bonds. The van der Waals surface area contributed by atoms with Crippen LogP contribution in [0.15, 0.2) is 0 Å². The molecule has 0 spiro atoms. The highest BCUT2D eigenvalue weighted by molar-refractivity contribution is 6.74. The standard InChI is InChI=1S/C14H28O2Si/c1-12-8-7-9-14(12,10-11-15)16-17(5,6)13(2,3)4/h11-12H,7-10H2,1-6H3/t12-,14-/m1/s1. The Kier molecular flexibility index (Phi) is 4.25. The molecule has 0 heterocycles. The van der Waals surface area contributed by atoms with Crippen molar-refractivity contribution < 1.29 is 9.22 Å². The van der Waals surface area contributed by atoms with Crippen LogP contribution < -0.4 is 0 Å². The van der Waals surface area contributed by atoms with Crippen LogP contribution in [0.2, 0.25) is 18.1 Å². The van der Waals surface area contributed by atoms with Crippen LogP contribution in [0.4, 0.5) is 0 Å². The van der Waals surface area contributed by atoms with Gasteiger partial charge in [0.2, 0.25) is 0 Å². The third-order valence-corrected chi connectivity index (χ3v) is 9.36. The van der Waals surface area contributed by atoms with Gasteiger partial charge in [0.15, 0.2) is 8.32 Å².